The second kappa shape index (κ2) is 7.97. The van der Waals surface area contributed by atoms with Gasteiger partial charge in [-0.1, -0.05) is 30.3 Å². The summed E-state index contributed by atoms with van der Waals surface area (Å²) in [6, 6.07) is 8.43. The van der Waals surface area contributed by atoms with Gasteiger partial charge in [-0.2, -0.15) is 13.2 Å². The number of halogens is 3. The lowest BCUT2D eigenvalue weighted by atomic mass is 10.0. The Morgan fingerprint density at radius 2 is 1.85 bits per heavy atom. The molecule has 0 amide bonds. The number of thiophene rings is 1. The summed E-state index contributed by atoms with van der Waals surface area (Å²) >= 11 is 0.716. The Kier molecular flexibility index (Phi) is 6.11. The number of alkyl halides is 3. The molecule has 10 heteroatoms. The molecule has 1 aromatic carbocycles. The molecule has 0 unspecified atom stereocenters. The Balaban J connectivity index is 2.58. The van der Waals surface area contributed by atoms with Crippen molar-refractivity contribution in [1.29, 1.82) is 0 Å². The van der Waals surface area contributed by atoms with E-state index in [1.54, 1.807) is 42.6 Å². The van der Waals surface area contributed by atoms with Crippen molar-refractivity contribution >= 4 is 28.3 Å². The van der Waals surface area contributed by atoms with Crippen molar-refractivity contribution in [3.63, 3.8) is 0 Å². The molecule has 0 aliphatic heterocycles. The van der Waals surface area contributed by atoms with Gasteiger partial charge in [0.2, 0.25) is 0 Å². The Bertz CT molecular complexity index is 822. The van der Waals surface area contributed by atoms with Gasteiger partial charge in [0, 0.05) is 10.9 Å². The number of nitrogens with one attached hydrogen (secondary N) is 1. The van der Waals surface area contributed by atoms with E-state index >= 15 is 0 Å². The van der Waals surface area contributed by atoms with Crippen LogP contribution < -0.4 is 5.32 Å². The molecule has 0 aliphatic carbocycles. The van der Waals surface area contributed by atoms with Crippen molar-refractivity contribution < 1.29 is 37.3 Å². The summed E-state index contributed by atoms with van der Waals surface area (Å²) in [6.07, 6.45) is -5.40. The highest BCUT2D eigenvalue weighted by atomic mass is 32.1. The Labute approximate surface area is 156 Å². The van der Waals surface area contributed by atoms with E-state index in [0.717, 1.165) is 0 Å². The van der Waals surface area contributed by atoms with Crippen LogP contribution in [0.3, 0.4) is 0 Å². The van der Waals surface area contributed by atoms with E-state index in [1.165, 1.54) is 5.38 Å². The SMILES string of the molecule is CCOC(=O)c1c(-c2ccccc2)csc1N[C@](O)(C(=O)OC)C(F)(F)F. The Morgan fingerprint density at radius 3 is 2.37 bits per heavy atom. The molecular formula is C17H16F3NO5S. The highest BCUT2D eigenvalue weighted by Crippen LogP contribution is 2.40. The predicted octanol–water partition coefficient (Wildman–Crippen LogP) is 3.43. The van der Waals surface area contributed by atoms with Crippen molar-refractivity contribution in [3.05, 3.63) is 41.3 Å². The van der Waals surface area contributed by atoms with Gasteiger partial charge in [-0.05, 0) is 12.5 Å². The van der Waals surface area contributed by atoms with Crippen LogP contribution in [0.5, 0.6) is 0 Å². The lowest BCUT2D eigenvalue weighted by Gasteiger charge is -2.28. The molecule has 2 rings (SSSR count). The number of hydrogen-bond acceptors (Lipinski definition) is 7. The van der Waals surface area contributed by atoms with E-state index in [2.05, 4.69) is 4.74 Å². The van der Waals surface area contributed by atoms with Gasteiger partial charge in [0.15, 0.2) is 0 Å². The number of aliphatic hydroxyl groups is 1. The van der Waals surface area contributed by atoms with Crippen LogP contribution in [0.1, 0.15) is 17.3 Å². The third-order valence-electron chi connectivity index (χ3n) is 3.54. The number of benzene rings is 1. The summed E-state index contributed by atoms with van der Waals surface area (Å²) in [5, 5.41) is 12.7. The molecule has 6 nitrogen and oxygen atoms in total. The zero-order valence-electron chi connectivity index (χ0n) is 14.3. The average molecular weight is 403 g/mol. The normalized spacial score (nSPS) is 13.6. The summed E-state index contributed by atoms with van der Waals surface area (Å²) in [6.45, 7) is 1.53. The Morgan fingerprint density at radius 1 is 1.22 bits per heavy atom. The van der Waals surface area contributed by atoms with Crippen molar-refractivity contribution in [3.8, 4) is 11.1 Å². The fraction of sp³-hybridized carbons (Fsp3) is 0.294. The lowest BCUT2D eigenvalue weighted by Crippen LogP contribution is -2.58. The number of carbonyl (C=O) groups excluding carboxylic acids is 2. The van der Waals surface area contributed by atoms with Gasteiger partial charge in [-0.25, -0.2) is 9.59 Å². The third-order valence-corrected chi connectivity index (χ3v) is 4.44. The first-order chi connectivity index (χ1) is 12.7. The molecule has 0 aliphatic rings. The number of methoxy groups -OCH3 is 1. The minimum Gasteiger partial charge on any atom is -0.465 e. The van der Waals surface area contributed by atoms with Crippen LogP contribution in [0.25, 0.3) is 11.1 Å². The summed E-state index contributed by atoms with van der Waals surface area (Å²) < 4.78 is 48.9. The van der Waals surface area contributed by atoms with E-state index in [4.69, 9.17) is 4.74 Å². The molecule has 1 aromatic heterocycles. The van der Waals surface area contributed by atoms with Crippen LogP contribution in [0.2, 0.25) is 0 Å². The molecule has 1 atom stereocenters. The number of anilines is 1. The number of esters is 2. The highest BCUT2D eigenvalue weighted by Gasteiger charge is 2.62. The molecule has 0 spiro atoms. The molecule has 1 heterocycles. The predicted molar refractivity (Wildman–Crippen MR) is 92.4 cm³/mol. The van der Waals surface area contributed by atoms with Crippen LogP contribution in [-0.4, -0.2) is 42.7 Å². The first kappa shape index (κ1) is 20.7. The molecular weight excluding hydrogens is 387 g/mol. The second-order valence-electron chi connectivity index (χ2n) is 5.26. The van der Waals surface area contributed by atoms with Crippen molar-refractivity contribution in [2.45, 2.75) is 18.8 Å². The van der Waals surface area contributed by atoms with Crippen LogP contribution >= 0.6 is 11.3 Å². The molecule has 0 bridgehead atoms. The Hall–Kier alpha value is -2.59. The van der Waals surface area contributed by atoms with Gasteiger partial charge in [-0.15, -0.1) is 11.3 Å². The minimum absolute atomic E-state index is 0.0110. The lowest BCUT2D eigenvalue weighted by molar-refractivity contribution is -0.251. The largest absolute Gasteiger partial charge is 0.465 e. The van der Waals surface area contributed by atoms with E-state index < -0.39 is 23.8 Å². The van der Waals surface area contributed by atoms with Gasteiger partial charge in [0.1, 0.15) is 10.6 Å². The summed E-state index contributed by atoms with van der Waals surface area (Å²) in [4.78, 5) is 24.0. The first-order valence-corrected chi connectivity index (χ1v) is 8.53. The molecule has 146 valence electrons. The number of ether oxygens (including phenoxy) is 2. The van der Waals surface area contributed by atoms with Gasteiger partial charge in [0.05, 0.1) is 13.7 Å². The van der Waals surface area contributed by atoms with Crippen molar-refractivity contribution in [2.24, 2.45) is 0 Å². The van der Waals surface area contributed by atoms with Crippen LogP contribution in [0.15, 0.2) is 35.7 Å². The van der Waals surface area contributed by atoms with Crippen molar-refractivity contribution in [1.82, 2.24) is 0 Å². The van der Waals surface area contributed by atoms with Gasteiger partial charge in [-0.3, -0.25) is 0 Å². The molecule has 0 saturated carbocycles. The number of hydrogen-bond donors (Lipinski definition) is 2. The van der Waals surface area contributed by atoms with E-state index in [0.29, 0.717) is 29.6 Å². The van der Waals surface area contributed by atoms with Crippen LogP contribution in [-0.2, 0) is 14.3 Å². The fourth-order valence-electron chi connectivity index (χ4n) is 2.24. The first-order valence-electron chi connectivity index (χ1n) is 7.65. The third kappa shape index (κ3) is 4.06. The second-order valence-corrected chi connectivity index (χ2v) is 6.14. The zero-order valence-corrected chi connectivity index (χ0v) is 15.1. The molecule has 0 fully saturated rings. The summed E-state index contributed by atoms with van der Waals surface area (Å²) in [7, 11) is 0.705. The maximum atomic E-state index is 13.3. The van der Waals surface area contributed by atoms with Gasteiger partial charge < -0.3 is 19.9 Å². The minimum atomic E-state index is -5.40. The van der Waals surface area contributed by atoms with Gasteiger partial charge in [0.25, 0.3) is 0 Å². The van der Waals surface area contributed by atoms with E-state index in [9.17, 15) is 27.9 Å². The fourth-order valence-corrected chi connectivity index (χ4v) is 3.24. The molecule has 0 radical (unpaired) electrons. The van der Waals surface area contributed by atoms with Crippen LogP contribution in [0.4, 0.5) is 18.2 Å². The van der Waals surface area contributed by atoms with E-state index in [1.807, 2.05) is 0 Å². The average Bonchev–Trinajstić information content (AvgIpc) is 3.04. The summed E-state index contributed by atoms with van der Waals surface area (Å²) in [5.74, 6) is -2.85. The molecule has 2 N–H and O–H groups in total. The highest BCUT2D eigenvalue weighted by molar-refractivity contribution is 7.15. The number of rotatable bonds is 6. The monoisotopic (exact) mass is 403 g/mol. The maximum absolute atomic E-state index is 13.3. The maximum Gasteiger partial charge on any atom is 0.448 e. The van der Waals surface area contributed by atoms with Crippen LogP contribution in [0, 0.1) is 0 Å². The van der Waals surface area contributed by atoms with Crippen molar-refractivity contribution in [2.75, 3.05) is 19.0 Å². The molecule has 27 heavy (non-hydrogen) atoms. The molecule has 0 saturated heterocycles. The standard InChI is InChI=1S/C17H16F3NO5S/c1-3-26-14(22)12-11(10-7-5-4-6-8-10)9-27-13(12)21-16(24,15(23)25-2)17(18,19)20/h4-9,21,24H,3H2,1-2H3/t16-/m0/s1. The topological polar surface area (TPSA) is 84.9 Å². The zero-order chi connectivity index (χ0) is 20.2. The quantitative estimate of drug-likeness (QED) is 0.568. The van der Waals surface area contributed by atoms with E-state index in [-0.39, 0.29) is 17.2 Å². The number of carbonyl (C=O) groups is 2. The summed E-state index contributed by atoms with van der Waals surface area (Å²) in [5.41, 5.74) is -3.39. The molecule has 2 aromatic rings. The van der Waals surface area contributed by atoms with Gasteiger partial charge >= 0.3 is 23.8 Å². The smallest absolute Gasteiger partial charge is 0.448 e.